The maximum Gasteiger partial charge on any atom is 0.273 e. The van der Waals surface area contributed by atoms with Crippen LogP contribution in [0.1, 0.15) is 55.0 Å². The van der Waals surface area contributed by atoms with E-state index in [0.717, 1.165) is 0 Å². The molecule has 8 nitrogen and oxygen atoms in total. The molecule has 0 N–H and O–H groups in total. The van der Waals surface area contributed by atoms with Gasteiger partial charge in [-0.2, -0.15) is 0 Å². The lowest BCUT2D eigenvalue weighted by Gasteiger charge is -2.31. The third-order valence-corrected chi connectivity index (χ3v) is 5.52. The molecule has 1 unspecified atom stereocenters. The Bertz CT molecular complexity index is 1200. The topological polar surface area (TPSA) is 98.3 Å². The number of aryl methyl sites for hydroxylation is 1. The number of carbonyl (C=O) groups excluding carboxylic acids is 1. The molecule has 0 bridgehead atoms. The van der Waals surface area contributed by atoms with Crippen LogP contribution in [0.3, 0.4) is 0 Å². The van der Waals surface area contributed by atoms with Crippen LogP contribution < -0.4 is 5.56 Å². The van der Waals surface area contributed by atoms with E-state index in [1.54, 1.807) is 46.7 Å². The fraction of sp³-hybridized carbons (Fsp3) is 0.348. The van der Waals surface area contributed by atoms with Crippen LogP contribution in [0.15, 0.2) is 47.3 Å². The normalized spacial score (nSPS) is 12.0. The molecule has 1 amide bonds. The largest absolute Gasteiger partial charge is 0.329 e. The standard InChI is InChI=1S/C23H26N4O4/c1-5-19(21-24-18-11-9-8-10-17(18)23(29)26(21)7-3)25(6-2)22(28)16-13-12-15(4)20(14-16)27(30)31/h8-14,19H,5-7H2,1-4H3. The Balaban J connectivity index is 2.12. The first-order valence-corrected chi connectivity index (χ1v) is 10.4. The predicted molar refractivity (Wildman–Crippen MR) is 119 cm³/mol. The van der Waals surface area contributed by atoms with Crippen LogP contribution in [-0.2, 0) is 6.54 Å². The van der Waals surface area contributed by atoms with Crippen LogP contribution in [0.25, 0.3) is 10.9 Å². The first-order valence-electron chi connectivity index (χ1n) is 10.4. The fourth-order valence-electron chi connectivity index (χ4n) is 3.90. The molecule has 0 aliphatic carbocycles. The van der Waals surface area contributed by atoms with Crippen LogP contribution in [0, 0.1) is 17.0 Å². The Morgan fingerprint density at radius 1 is 1.19 bits per heavy atom. The van der Waals surface area contributed by atoms with Crippen LogP contribution in [0.5, 0.6) is 0 Å². The molecule has 0 fully saturated rings. The molecule has 8 heteroatoms. The lowest BCUT2D eigenvalue weighted by molar-refractivity contribution is -0.385. The number of hydrogen-bond donors (Lipinski definition) is 0. The lowest BCUT2D eigenvalue weighted by Crippen LogP contribution is -2.38. The zero-order chi connectivity index (χ0) is 22.7. The average molecular weight is 422 g/mol. The summed E-state index contributed by atoms with van der Waals surface area (Å²) in [5.74, 6) is 0.188. The van der Waals surface area contributed by atoms with Gasteiger partial charge in [0.25, 0.3) is 17.2 Å². The Morgan fingerprint density at radius 2 is 1.90 bits per heavy atom. The number of amides is 1. The summed E-state index contributed by atoms with van der Waals surface area (Å²) < 4.78 is 1.60. The van der Waals surface area contributed by atoms with Crippen LogP contribution in [0.4, 0.5) is 5.69 Å². The molecular formula is C23H26N4O4. The number of para-hydroxylation sites is 1. The van der Waals surface area contributed by atoms with Crippen molar-refractivity contribution in [2.45, 2.75) is 46.7 Å². The number of fused-ring (bicyclic) bond motifs is 1. The zero-order valence-electron chi connectivity index (χ0n) is 18.2. The number of aromatic nitrogens is 2. The molecule has 162 valence electrons. The summed E-state index contributed by atoms with van der Waals surface area (Å²) in [5.41, 5.74) is 1.08. The van der Waals surface area contributed by atoms with Crippen molar-refractivity contribution in [3.63, 3.8) is 0 Å². The van der Waals surface area contributed by atoms with E-state index in [1.807, 2.05) is 26.8 Å². The fourth-order valence-corrected chi connectivity index (χ4v) is 3.90. The molecule has 31 heavy (non-hydrogen) atoms. The van der Waals surface area contributed by atoms with Gasteiger partial charge in [0.2, 0.25) is 0 Å². The van der Waals surface area contributed by atoms with Gasteiger partial charge in [-0.15, -0.1) is 0 Å². The van der Waals surface area contributed by atoms with Crippen molar-refractivity contribution in [2.75, 3.05) is 6.54 Å². The van der Waals surface area contributed by atoms with Gasteiger partial charge in [0, 0.05) is 30.3 Å². The second-order valence-corrected chi connectivity index (χ2v) is 7.31. The van der Waals surface area contributed by atoms with Crippen molar-refractivity contribution >= 4 is 22.5 Å². The third kappa shape index (κ3) is 4.05. The average Bonchev–Trinajstić information content (AvgIpc) is 2.77. The monoisotopic (exact) mass is 422 g/mol. The van der Waals surface area contributed by atoms with E-state index >= 15 is 0 Å². The number of nitrogens with zero attached hydrogens (tertiary/aromatic N) is 4. The molecule has 1 heterocycles. The summed E-state index contributed by atoms with van der Waals surface area (Å²) in [6, 6.07) is 11.2. The lowest BCUT2D eigenvalue weighted by atomic mass is 10.1. The van der Waals surface area contributed by atoms with Gasteiger partial charge in [-0.3, -0.25) is 24.3 Å². The Hall–Kier alpha value is -3.55. The maximum absolute atomic E-state index is 13.4. The Kier molecular flexibility index (Phi) is 6.48. The summed E-state index contributed by atoms with van der Waals surface area (Å²) in [4.78, 5) is 43.6. The Morgan fingerprint density at radius 3 is 2.52 bits per heavy atom. The highest BCUT2D eigenvalue weighted by atomic mass is 16.6. The SMILES string of the molecule is CCC(c1nc2ccccc2c(=O)n1CC)N(CC)C(=O)c1ccc(C)c([N+](=O)[O-])c1. The highest BCUT2D eigenvalue weighted by Crippen LogP contribution is 2.27. The van der Waals surface area contributed by atoms with Crippen LogP contribution in [0.2, 0.25) is 0 Å². The molecule has 2 aromatic carbocycles. The van der Waals surface area contributed by atoms with E-state index in [2.05, 4.69) is 0 Å². The van der Waals surface area contributed by atoms with Crippen molar-refractivity contribution in [3.05, 3.63) is 79.9 Å². The van der Waals surface area contributed by atoms with Crippen molar-refractivity contribution in [3.8, 4) is 0 Å². The molecule has 3 aromatic rings. The summed E-state index contributed by atoms with van der Waals surface area (Å²) in [6.45, 7) is 8.07. The molecule has 0 aliphatic heterocycles. The summed E-state index contributed by atoms with van der Waals surface area (Å²) in [6.07, 6.45) is 0.540. The Labute approximate surface area is 180 Å². The van der Waals surface area contributed by atoms with E-state index in [4.69, 9.17) is 4.98 Å². The predicted octanol–water partition coefficient (Wildman–Crippen LogP) is 4.25. The second-order valence-electron chi connectivity index (χ2n) is 7.31. The van der Waals surface area contributed by atoms with E-state index in [0.29, 0.717) is 41.8 Å². The molecule has 0 saturated carbocycles. The summed E-state index contributed by atoms with van der Waals surface area (Å²) >= 11 is 0. The van der Waals surface area contributed by atoms with Crippen LogP contribution >= 0.6 is 0 Å². The van der Waals surface area contributed by atoms with Gasteiger partial charge >= 0.3 is 0 Å². The van der Waals surface area contributed by atoms with Crippen molar-refractivity contribution in [2.24, 2.45) is 0 Å². The van der Waals surface area contributed by atoms with Gasteiger partial charge in [-0.1, -0.05) is 25.1 Å². The van der Waals surface area contributed by atoms with Gasteiger partial charge in [0.05, 0.1) is 21.9 Å². The highest BCUT2D eigenvalue weighted by Gasteiger charge is 2.29. The molecule has 0 aliphatic rings. The maximum atomic E-state index is 13.4. The minimum absolute atomic E-state index is 0.0933. The number of carbonyl (C=O) groups is 1. The van der Waals surface area contributed by atoms with E-state index in [9.17, 15) is 19.7 Å². The number of rotatable bonds is 7. The zero-order valence-corrected chi connectivity index (χ0v) is 18.2. The summed E-state index contributed by atoms with van der Waals surface area (Å²) in [7, 11) is 0. The van der Waals surface area contributed by atoms with E-state index in [1.165, 1.54) is 6.07 Å². The van der Waals surface area contributed by atoms with Gasteiger partial charge in [-0.05, 0) is 45.4 Å². The van der Waals surface area contributed by atoms with E-state index in [-0.39, 0.29) is 22.7 Å². The molecule has 0 saturated heterocycles. The molecule has 0 spiro atoms. The first-order chi connectivity index (χ1) is 14.8. The van der Waals surface area contributed by atoms with Gasteiger partial charge < -0.3 is 4.90 Å². The first kappa shape index (κ1) is 22.1. The molecule has 0 radical (unpaired) electrons. The van der Waals surface area contributed by atoms with Gasteiger partial charge in [-0.25, -0.2) is 4.98 Å². The van der Waals surface area contributed by atoms with Crippen LogP contribution in [-0.4, -0.2) is 31.8 Å². The highest BCUT2D eigenvalue weighted by molar-refractivity contribution is 5.95. The number of nitro groups is 1. The smallest absolute Gasteiger partial charge is 0.273 e. The van der Waals surface area contributed by atoms with Gasteiger partial charge in [0.1, 0.15) is 5.82 Å². The van der Waals surface area contributed by atoms with Crippen molar-refractivity contribution in [1.29, 1.82) is 0 Å². The van der Waals surface area contributed by atoms with Gasteiger partial charge in [0.15, 0.2) is 0 Å². The number of hydrogen-bond acceptors (Lipinski definition) is 5. The number of nitro benzene ring substituents is 1. The third-order valence-electron chi connectivity index (χ3n) is 5.52. The summed E-state index contributed by atoms with van der Waals surface area (Å²) in [5, 5.41) is 11.9. The molecule has 1 atom stereocenters. The molecular weight excluding hydrogens is 396 g/mol. The molecule has 3 rings (SSSR count). The minimum atomic E-state index is -0.487. The second kappa shape index (κ2) is 9.07. The van der Waals surface area contributed by atoms with E-state index < -0.39 is 11.0 Å². The number of benzene rings is 2. The van der Waals surface area contributed by atoms with Crippen molar-refractivity contribution < 1.29 is 9.72 Å². The quantitative estimate of drug-likeness (QED) is 0.419. The molecule has 1 aromatic heterocycles. The van der Waals surface area contributed by atoms with Crippen molar-refractivity contribution in [1.82, 2.24) is 14.5 Å². The minimum Gasteiger partial charge on any atom is -0.329 e.